The summed E-state index contributed by atoms with van der Waals surface area (Å²) < 4.78 is 0. The van der Waals surface area contributed by atoms with Gasteiger partial charge in [0.15, 0.2) is 0 Å². The highest BCUT2D eigenvalue weighted by Gasteiger charge is 2.31. The maximum absolute atomic E-state index is 10.2. The molecule has 0 radical (unpaired) electrons. The molecule has 1 aromatic carbocycles. The van der Waals surface area contributed by atoms with Crippen LogP contribution < -0.4 is 0 Å². The Kier molecular flexibility index (Phi) is 6.24. The molecule has 0 saturated heterocycles. The lowest BCUT2D eigenvalue weighted by Crippen LogP contribution is -2.26. The molecule has 0 amide bonds. The molecule has 102 valence electrons. The van der Waals surface area contributed by atoms with Crippen molar-refractivity contribution in [2.24, 2.45) is 0 Å². The predicted octanol–water partition coefficient (Wildman–Crippen LogP) is 5.42. The van der Waals surface area contributed by atoms with Gasteiger partial charge in [0.2, 0.25) is 0 Å². The summed E-state index contributed by atoms with van der Waals surface area (Å²) in [6, 6.07) is 7.93. The summed E-state index contributed by atoms with van der Waals surface area (Å²) in [6.45, 7) is 6.74. The van der Waals surface area contributed by atoms with Crippen molar-refractivity contribution in [1.82, 2.24) is 0 Å². The van der Waals surface area contributed by atoms with Gasteiger partial charge in [-0.1, -0.05) is 64.7 Å². The molecule has 1 heteroatoms. The summed E-state index contributed by atoms with van der Waals surface area (Å²) in [7, 11) is 0. The molecule has 0 fully saturated rings. The Balaban J connectivity index is 3.10. The number of rotatable bonds is 8. The molecule has 0 unspecified atom stereocenters. The second-order valence-corrected chi connectivity index (χ2v) is 5.40. The van der Waals surface area contributed by atoms with Gasteiger partial charge in [-0.15, -0.1) is 0 Å². The minimum atomic E-state index is 0.185. The third-order valence-corrected chi connectivity index (χ3v) is 3.94. The van der Waals surface area contributed by atoms with Crippen LogP contribution in [0.15, 0.2) is 24.3 Å². The first-order valence-electron chi connectivity index (χ1n) is 7.48. The van der Waals surface area contributed by atoms with Crippen molar-refractivity contribution in [3.8, 4) is 5.75 Å². The maximum atomic E-state index is 10.2. The fraction of sp³-hybridized carbons (Fsp3) is 0.647. The number of phenols is 1. The van der Waals surface area contributed by atoms with Crippen LogP contribution in [0.2, 0.25) is 0 Å². The molecule has 1 rings (SSSR count). The largest absolute Gasteiger partial charge is 0.508 e. The minimum absolute atomic E-state index is 0.185. The Bertz CT molecular complexity index is 337. The van der Waals surface area contributed by atoms with E-state index in [1.54, 1.807) is 0 Å². The smallest absolute Gasteiger partial charge is 0.119 e. The number of phenolic OH excluding ortho intramolecular Hbond substituents is 1. The lowest BCUT2D eigenvalue weighted by atomic mass is 9.70. The SMILES string of the molecule is CCCCC(CCC)(CCC)c1ccccc1O. The molecule has 0 bridgehead atoms. The quantitative estimate of drug-likeness (QED) is 0.651. The first kappa shape index (κ1) is 15.1. The lowest BCUT2D eigenvalue weighted by Gasteiger charge is -2.35. The van der Waals surface area contributed by atoms with E-state index in [2.05, 4.69) is 32.9 Å². The van der Waals surface area contributed by atoms with Crippen molar-refractivity contribution in [3.63, 3.8) is 0 Å². The topological polar surface area (TPSA) is 20.2 Å². The van der Waals surface area contributed by atoms with Crippen molar-refractivity contribution < 1.29 is 5.11 Å². The van der Waals surface area contributed by atoms with Gasteiger partial charge in [-0.2, -0.15) is 0 Å². The predicted molar refractivity (Wildman–Crippen MR) is 79.1 cm³/mol. The van der Waals surface area contributed by atoms with E-state index in [1.165, 1.54) is 50.5 Å². The van der Waals surface area contributed by atoms with Gasteiger partial charge in [-0.25, -0.2) is 0 Å². The third-order valence-electron chi connectivity index (χ3n) is 3.94. The van der Waals surface area contributed by atoms with Crippen LogP contribution >= 0.6 is 0 Å². The van der Waals surface area contributed by atoms with Crippen molar-refractivity contribution in [3.05, 3.63) is 29.8 Å². The number of hydrogen-bond acceptors (Lipinski definition) is 1. The molecule has 1 N–H and O–H groups in total. The van der Waals surface area contributed by atoms with Crippen molar-refractivity contribution >= 4 is 0 Å². The zero-order valence-electron chi connectivity index (χ0n) is 12.2. The highest BCUT2D eigenvalue weighted by Crippen LogP contribution is 2.42. The summed E-state index contributed by atoms with van der Waals surface area (Å²) in [4.78, 5) is 0. The molecule has 0 aromatic heterocycles. The summed E-state index contributed by atoms with van der Waals surface area (Å²) in [5, 5.41) is 10.2. The van der Waals surface area contributed by atoms with Crippen LogP contribution in [0.4, 0.5) is 0 Å². The number of unbranched alkanes of at least 4 members (excludes halogenated alkanes) is 1. The van der Waals surface area contributed by atoms with Gasteiger partial charge in [0.1, 0.15) is 5.75 Å². The Hall–Kier alpha value is -0.980. The Morgan fingerprint density at radius 1 is 0.889 bits per heavy atom. The van der Waals surface area contributed by atoms with Crippen LogP contribution in [0.3, 0.4) is 0 Å². The van der Waals surface area contributed by atoms with Crippen molar-refractivity contribution in [2.45, 2.75) is 71.1 Å². The summed E-state index contributed by atoms with van der Waals surface area (Å²) >= 11 is 0. The zero-order chi connectivity index (χ0) is 13.4. The van der Waals surface area contributed by atoms with E-state index < -0.39 is 0 Å². The summed E-state index contributed by atoms with van der Waals surface area (Å²) in [6.07, 6.45) is 8.38. The fourth-order valence-electron chi connectivity index (χ4n) is 3.17. The van der Waals surface area contributed by atoms with E-state index in [1.807, 2.05) is 12.1 Å². The minimum Gasteiger partial charge on any atom is -0.508 e. The first-order chi connectivity index (χ1) is 8.70. The van der Waals surface area contributed by atoms with E-state index >= 15 is 0 Å². The van der Waals surface area contributed by atoms with Gasteiger partial charge >= 0.3 is 0 Å². The van der Waals surface area contributed by atoms with E-state index in [-0.39, 0.29) is 5.41 Å². The van der Waals surface area contributed by atoms with E-state index in [9.17, 15) is 5.11 Å². The van der Waals surface area contributed by atoms with Gasteiger partial charge in [-0.05, 0) is 30.7 Å². The average Bonchev–Trinajstić information content (AvgIpc) is 2.37. The van der Waals surface area contributed by atoms with Crippen LogP contribution in [0, 0.1) is 0 Å². The van der Waals surface area contributed by atoms with Gasteiger partial charge < -0.3 is 5.11 Å². The molecule has 18 heavy (non-hydrogen) atoms. The van der Waals surface area contributed by atoms with E-state index in [0.717, 1.165) is 0 Å². The maximum Gasteiger partial charge on any atom is 0.119 e. The van der Waals surface area contributed by atoms with Crippen molar-refractivity contribution in [1.29, 1.82) is 0 Å². The second kappa shape index (κ2) is 7.45. The molecule has 1 aromatic rings. The molecule has 0 atom stereocenters. The van der Waals surface area contributed by atoms with Crippen LogP contribution in [0.5, 0.6) is 5.75 Å². The van der Waals surface area contributed by atoms with Gasteiger partial charge in [0.05, 0.1) is 0 Å². The van der Waals surface area contributed by atoms with E-state index in [4.69, 9.17) is 0 Å². The van der Waals surface area contributed by atoms with Gasteiger partial charge in [0.25, 0.3) is 0 Å². The molecular weight excluding hydrogens is 220 g/mol. The molecular formula is C17H28O. The van der Waals surface area contributed by atoms with Crippen LogP contribution in [-0.2, 0) is 5.41 Å². The van der Waals surface area contributed by atoms with Crippen LogP contribution in [0.25, 0.3) is 0 Å². The summed E-state index contributed by atoms with van der Waals surface area (Å²) in [5.74, 6) is 0.482. The number of benzene rings is 1. The Labute approximate surface area is 112 Å². The normalized spacial score (nSPS) is 11.7. The highest BCUT2D eigenvalue weighted by atomic mass is 16.3. The monoisotopic (exact) mass is 248 g/mol. The van der Waals surface area contributed by atoms with E-state index in [0.29, 0.717) is 5.75 Å². The number of aromatic hydroxyl groups is 1. The molecule has 0 heterocycles. The third kappa shape index (κ3) is 3.51. The Morgan fingerprint density at radius 2 is 1.50 bits per heavy atom. The second-order valence-electron chi connectivity index (χ2n) is 5.40. The Morgan fingerprint density at radius 3 is 2.00 bits per heavy atom. The molecule has 0 spiro atoms. The molecule has 0 aliphatic rings. The lowest BCUT2D eigenvalue weighted by molar-refractivity contribution is 0.308. The highest BCUT2D eigenvalue weighted by molar-refractivity contribution is 5.38. The van der Waals surface area contributed by atoms with Crippen molar-refractivity contribution in [2.75, 3.05) is 0 Å². The van der Waals surface area contributed by atoms with Crippen LogP contribution in [-0.4, -0.2) is 5.11 Å². The summed E-state index contributed by atoms with van der Waals surface area (Å²) in [5.41, 5.74) is 1.35. The van der Waals surface area contributed by atoms with Crippen LogP contribution in [0.1, 0.15) is 71.3 Å². The standard InChI is InChI=1S/C17H28O/c1-4-7-14-17(12-5-2,13-6-3)15-10-8-9-11-16(15)18/h8-11,18H,4-7,12-14H2,1-3H3. The number of para-hydroxylation sites is 1. The molecule has 0 aliphatic heterocycles. The molecule has 0 aliphatic carbocycles. The zero-order valence-corrected chi connectivity index (χ0v) is 12.2. The van der Waals surface area contributed by atoms with Gasteiger partial charge in [-0.3, -0.25) is 0 Å². The fourth-order valence-corrected chi connectivity index (χ4v) is 3.17. The first-order valence-corrected chi connectivity index (χ1v) is 7.48. The molecule has 1 nitrogen and oxygen atoms in total. The molecule has 0 saturated carbocycles. The average molecular weight is 248 g/mol. The van der Waals surface area contributed by atoms with Gasteiger partial charge in [0, 0.05) is 5.56 Å². The number of hydrogen-bond donors (Lipinski definition) is 1.